The molecule has 156 valence electrons. The highest BCUT2D eigenvalue weighted by molar-refractivity contribution is 5.85. The number of hydrogen-bond donors (Lipinski definition) is 3. The molecular weight excluding hydrogens is 402 g/mol. The Morgan fingerprint density at radius 1 is 0.933 bits per heavy atom. The second-order valence-electron chi connectivity index (χ2n) is 6.89. The molecule has 0 spiro atoms. The summed E-state index contributed by atoms with van der Waals surface area (Å²) < 4.78 is 11.5. The summed E-state index contributed by atoms with van der Waals surface area (Å²) in [4.78, 5) is 16.9. The van der Waals surface area contributed by atoms with E-state index in [1.807, 2.05) is 48.5 Å². The number of benzene rings is 3. The Morgan fingerprint density at radius 2 is 1.73 bits per heavy atom. The third-order valence-corrected chi connectivity index (χ3v) is 4.89. The molecule has 0 aliphatic rings. The van der Waals surface area contributed by atoms with Gasteiger partial charge in [-0.05, 0) is 53.9 Å². The largest absolute Gasteiger partial charge is 0.493 e. The zero-order valence-corrected chi connectivity index (χ0v) is 17.6. The first-order chi connectivity index (χ1) is 14.1. The molecule has 0 atom stereocenters. The standard InChI is InChI=1S/C23H23N3O3.ClH/c1-15-5-3-4-6-17(15)14-29-21-10-7-16(11-22(21)28-2)13-24-18-8-9-19-20(12-18)26-23(27)25-19;/h3-12,24H,13-14H2,1-2H3,(H2,25,26,27);1H. The lowest BCUT2D eigenvalue weighted by Gasteiger charge is -2.14. The van der Waals surface area contributed by atoms with Crippen LogP contribution in [0.3, 0.4) is 0 Å². The molecule has 0 radical (unpaired) electrons. The molecule has 0 saturated carbocycles. The van der Waals surface area contributed by atoms with Crippen LogP contribution in [0, 0.1) is 6.92 Å². The number of imidazole rings is 1. The summed E-state index contributed by atoms with van der Waals surface area (Å²) in [5.41, 5.74) is 5.70. The number of aryl methyl sites for hydroxylation is 1. The molecule has 30 heavy (non-hydrogen) atoms. The van der Waals surface area contributed by atoms with Gasteiger partial charge in [-0.3, -0.25) is 0 Å². The van der Waals surface area contributed by atoms with E-state index in [1.54, 1.807) is 7.11 Å². The second-order valence-corrected chi connectivity index (χ2v) is 6.89. The molecule has 1 heterocycles. The van der Waals surface area contributed by atoms with Crippen molar-refractivity contribution in [3.8, 4) is 11.5 Å². The van der Waals surface area contributed by atoms with Crippen molar-refractivity contribution in [1.29, 1.82) is 0 Å². The SMILES string of the molecule is COc1cc(CNc2ccc3[nH]c(=O)[nH]c3c2)ccc1OCc1ccccc1C.Cl. The summed E-state index contributed by atoms with van der Waals surface area (Å²) in [6.45, 7) is 3.19. The topological polar surface area (TPSA) is 79.1 Å². The van der Waals surface area contributed by atoms with Gasteiger partial charge >= 0.3 is 5.69 Å². The number of aromatic nitrogens is 2. The first kappa shape index (κ1) is 21.3. The van der Waals surface area contributed by atoms with Crippen LogP contribution in [0.15, 0.2) is 65.5 Å². The van der Waals surface area contributed by atoms with E-state index in [1.165, 1.54) is 5.56 Å². The Balaban J connectivity index is 0.00000256. The average molecular weight is 426 g/mol. The number of H-pyrrole nitrogens is 2. The zero-order chi connectivity index (χ0) is 20.2. The molecule has 7 heteroatoms. The maximum Gasteiger partial charge on any atom is 0.323 e. The minimum atomic E-state index is -0.205. The predicted molar refractivity (Wildman–Crippen MR) is 122 cm³/mol. The van der Waals surface area contributed by atoms with Gasteiger partial charge in [0.05, 0.1) is 18.1 Å². The molecule has 0 saturated heterocycles. The molecule has 1 aromatic heterocycles. The van der Waals surface area contributed by atoms with Crippen LogP contribution < -0.4 is 20.5 Å². The fourth-order valence-corrected chi connectivity index (χ4v) is 3.22. The summed E-state index contributed by atoms with van der Waals surface area (Å²) in [5, 5.41) is 3.37. The van der Waals surface area contributed by atoms with Gasteiger partial charge in [0.15, 0.2) is 11.5 Å². The molecule has 6 nitrogen and oxygen atoms in total. The number of nitrogens with one attached hydrogen (secondary N) is 3. The lowest BCUT2D eigenvalue weighted by Crippen LogP contribution is -2.02. The normalized spacial score (nSPS) is 10.5. The first-order valence-corrected chi connectivity index (χ1v) is 9.42. The highest BCUT2D eigenvalue weighted by atomic mass is 35.5. The van der Waals surface area contributed by atoms with Gasteiger partial charge in [0.1, 0.15) is 6.61 Å². The van der Waals surface area contributed by atoms with E-state index >= 15 is 0 Å². The summed E-state index contributed by atoms with van der Waals surface area (Å²) in [7, 11) is 1.64. The number of anilines is 1. The minimum Gasteiger partial charge on any atom is -0.493 e. The Hall–Kier alpha value is -3.38. The number of rotatable bonds is 7. The summed E-state index contributed by atoms with van der Waals surface area (Å²) in [6.07, 6.45) is 0. The van der Waals surface area contributed by atoms with Crippen molar-refractivity contribution in [1.82, 2.24) is 9.97 Å². The van der Waals surface area contributed by atoms with E-state index in [9.17, 15) is 4.79 Å². The smallest absolute Gasteiger partial charge is 0.323 e. The van der Waals surface area contributed by atoms with Crippen LogP contribution >= 0.6 is 12.4 Å². The van der Waals surface area contributed by atoms with Crippen molar-refractivity contribution in [2.75, 3.05) is 12.4 Å². The van der Waals surface area contributed by atoms with Crippen molar-refractivity contribution >= 4 is 29.1 Å². The maximum absolute atomic E-state index is 11.4. The fourth-order valence-electron chi connectivity index (χ4n) is 3.22. The van der Waals surface area contributed by atoms with Crippen LogP contribution in [0.4, 0.5) is 5.69 Å². The minimum absolute atomic E-state index is 0. The number of ether oxygens (including phenoxy) is 2. The van der Waals surface area contributed by atoms with Crippen molar-refractivity contribution in [2.45, 2.75) is 20.1 Å². The van der Waals surface area contributed by atoms with Crippen LogP contribution in [-0.2, 0) is 13.2 Å². The van der Waals surface area contributed by atoms with Gasteiger partial charge in [0.2, 0.25) is 0 Å². The molecule has 0 unspecified atom stereocenters. The van der Waals surface area contributed by atoms with Crippen LogP contribution in [0.1, 0.15) is 16.7 Å². The van der Waals surface area contributed by atoms with Crippen LogP contribution in [-0.4, -0.2) is 17.1 Å². The third-order valence-electron chi connectivity index (χ3n) is 4.89. The molecule has 3 aromatic carbocycles. The van der Waals surface area contributed by atoms with E-state index < -0.39 is 0 Å². The molecule has 0 aliphatic carbocycles. The Morgan fingerprint density at radius 3 is 2.53 bits per heavy atom. The van der Waals surface area contributed by atoms with Gasteiger partial charge in [-0.25, -0.2) is 4.79 Å². The molecule has 0 aliphatic heterocycles. The monoisotopic (exact) mass is 425 g/mol. The van der Waals surface area contributed by atoms with E-state index in [2.05, 4.69) is 34.3 Å². The summed E-state index contributed by atoms with van der Waals surface area (Å²) in [6, 6.07) is 19.8. The van der Waals surface area contributed by atoms with Crippen LogP contribution in [0.25, 0.3) is 11.0 Å². The molecule has 4 aromatic rings. The van der Waals surface area contributed by atoms with Crippen molar-refractivity contribution < 1.29 is 9.47 Å². The summed E-state index contributed by atoms with van der Waals surface area (Å²) in [5.74, 6) is 1.41. The quantitative estimate of drug-likeness (QED) is 0.398. The number of methoxy groups -OCH3 is 1. The number of fused-ring (bicyclic) bond motifs is 1. The Labute approximate surface area is 180 Å². The molecule has 0 bridgehead atoms. The van der Waals surface area contributed by atoms with E-state index in [0.29, 0.717) is 24.7 Å². The van der Waals surface area contributed by atoms with Gasteiger partial charge < -0.3 is 24.8 Å². The summed E-state index contributed by atoms with van der Waals surface area (Å²) >= 11 is 0. The van der Waals surface area contributed by atoms with Crippen molar-refractivity contribution in [2.24, 2.45) is 0 Å². The van der Waals surface area contributed by atoms with E-state index in [0.717, 1.165) is 27.8 Å². The van der Waals surface area contributed by atoms with Crippen molar-refractivity contribution in [3.63, 3.8) is 0 Å². The van der Waals surface area contributed by atoms with Gasteiger partial charge in [-0.1, -0.05) is 30.3 Å². The molecule has 3 N–H and O–H groups in total. The molecule has 0 fully saturated rings. The lowest BCUT2D eigenvalue weighted by atomic mass is 10.1. The first-order valence-electron chi connectivity index (χ1n) is 9.42. The Bertz CT molecular complexity index is 1200. The number of halogens is 1. The van der Waals surface area contributed by atoms with Gasteiger partial charge in [-0.2, -0.15) is 0 Å². The Kier molecular flexibility index (Phi) is 6.69. The van der Waals surface area contributed by atoms with Gasteiger partial charge in [-0.15, -0.1) is 12.4 Å². The van der Waals surface area contributed by atoms with Crippen LogP contribution in [0.5, 0.6) is 11.5 Å². The average Bonchev–Trinajstić information content (AvgIpc) is 3.11. The lowest BCUT2D eigenvalue weighted by molar-refractivity contribution is 0.283. The predicted octanol–water partition coefficient (Wildman–Crippen LogP) is 4.79. The maximum atomic E-state index is 11.4. The highest BCUT2D eigenvalue weighted by Crippen LogP contribution is 2.29. The highest BCUT2D eigenvalue weighted by Gasteiger charge is 2.08. The van der Waals surface area contributed by atoms with Gasteiger partial charge in [0, 0.05) is 12.2 Å². The third kappa shape index (κ3) is 4.78. The molecular formula is C23H24ClN3O3. The fraction of sp³-hybridized carbons (Fsp3) is 0.174. The molecule has 4 rings (SSSR count). The van der Waals surface area contributed by atoms with Crippen LogP contribution in [0.2, 0.25) is 0 Å². The second kappa shape index (κ2) is 9.41. The zero-order valence-electron chi connectivity index (χ0n) is 16.8. The van der Waals surface area contributed by atoms with E-state index in [-0.39, 0.29) is 18.1 Å². The van der Waals surface area contributed by atoms with Crippen molar-refractivity contribution in [3.05, 3.63) is 87.8 Å². The number of hydrogen-bond acceptors (Lipinski definition) is 4. The van der Waals surface area contributed by atoms with Gasteiger partial charge in [0.25, 0.3) is 0 Å². The molecule has 0 amide bonds. The number of aromatic amines is 2. The van der Waals surface area contributed by atoms with E-state index in [4.69, 9.17) is 9.47 Å².